The van der Waals surface area contributed by atoms with E-state index >= 15 is 0 Å². The summed E-state index contributed by atoms with van der Waals surface area (Å²) in [5.41, 5.74) is 34.2. The first-order valence-electron chi connectivity index (χ1n) is 23.6. The summed E-state index contributed by atoms with van der Waals surface area (Å²) < 4.78 is 0. The lowest BCUT2D eigenvalue weighted by atomic mass is 9.84. The number of nitrogens with two attached hydrogens (primary N) is 4. The van der Waals surface area contributed by atoms with Crippen LogP contribution in [0.3, 0.4) is 0 Å². The van der Waals surface area contributed by atoms with Crippen LogP contribution in [-0.4, -0.2) is 72.7 Å². The van der Waals surface area contributed by atoms with Gasteiger partial charge in [0, 0.05) is 119 Å². The number of fused-ring (bicyclic) bond motifs is 4. The number of anilines is 4. The van der Waals surface area contributed by atoms with Crippen LogP contribution in [-0.2, 0) is 19.2 Å². The lowest BCUT2D eigenvalue weighted by Gasteiger charge is -2.22. The second-order valence-electron chi connectivity index (χ2n) is 17.0. The Morgan fingerprint density at radius 1 is 0.389 bits per heavy atom. The molecule has 72 heavy (non-hydrogen) atoms. The molecule has 0 radical (unpaired) electrons. The largest absolute Gasteiger partial charge is 0.330 e. The van der Waals surface area contributed by atoms with Crippen molar-refractivity contribution in [3.05, 3.63) is 191 Å². The molecule has 0 unspecified atom stereocenters. The minimum absolute atomic E-state index is 0.0465. The third kappa shape index (κ3) is 10.5. The smallest absolute Gasteiger partial charge is 0.225 e. The average molecular weight is 957 g/mol. The minimum atomic E-state index is -0.315. The molecule has 4 aromatic carbocycles. The third-order valence-corrected chi connectivity index (χ3v) is 11.9. The van der Waals surface area contributed by atoms with Crippen molar-refractivity contribution in [1.29, 1.82) is 0 Å². The lowest BCUT2D eigenvalue weighted by Crippen LogP contribution is -2.19. The minimum Gasteiger partial charge on any atom is -0.330 e. The van der Waals surface area contributed by atoms with E-state index < -0.39 is 0 Å². The fraction of sp³-hybridized carbons (Fsp3) is 0.143. The molecular weight excluding hydrogens is 905 g/mol. The highest BCUT2D eigenvalue weighted by Crippen LogP contribution is 2.50. The fourth-order valence-corrected chi connectivity index (χ4v) is 8.76. The van der Waals surface area contributed by atoms with E-state index in [1.165, 1.54) is 0 Å². The number of carbonyl (C=O) groups excluding carboxylic acids is 4. The van der Waals surface area contributed by atoms with Gasteiger partial charge in [-0.1, -0.05) is 72.8 Å². The molecule has 12 N–H and O–H groups in total. The zero-order valence-corrected chi connectivity index (χ0v) is 39.2. The van der Waals surface area contributed by atoms with Gasteiger partial charge in [-0.3, -0.25) is 19.2 Å². The van der Waals surface area contributed by atoms with Crippen molar-refractivity contribution >= 4 is 91.5 Å². The van der Waals surface area contributed by atoms with Gasteiger partial charge in [-0.2, -0.15) is 0 Å². The predicted molar refractivity (Wildman–Crippen MR) is 289 cm³/mol. The number of nitrogens with one attached hydrogen (secondary N) is 4. The number of carbonyl (C=O) groups is 4. The number of benzene rings is 4. The molecule has 8 bridgehead atoms. The number of hydrogen-bond donors (Lipinski definition) is 8. The molecule has 0 aromatic heterocycles. The second-order valence-corrected chi connectivity index (χ2v) is 17.0. The molecule has 4 aromatic rings. The van der Waals surface area contributed by atoms with Crippen molar-refractivity contribution in [2.24, 2.45) is 42.9 Å². The van der Waals surface area contributed by atoms with E-state index in [1.54, 1.807) is 12.1 Å². The van der Waals surface area contributed by atoms with E-state index in [-0.39, 0.29) is 75.5 Å². The molecule has 0 saturated heterocycles. The normalized spacial score (nSPS) is 15.5. The van der Waals surface area contributed by atoms with E-state index in [1.807, 2.05) is 134 Å². The van der Waals surface area contributed by atoms with Crippen molar-refractivity contribution in [2.75, 3.05) is 47.4 Å². The maximum absolute atomic E-state index is 13.6. The summed E-state index contributed by atoms with van der Waals surface area (Å²) in [6, 6.07) is 29.6. The Balaban J connectivity index is 1.46. The van der Waals surface area contributed by atoms with Crippen molar-refractivity contribution in [3.63, 3.8) is 0 Å². The van der Waals surface area contributed by atoms with Crippen LogP contribution in [0.15, 0.2) is 188 Å². The van der Waals surface area contributed by atoms with Crippen LogP contribution in [0.5, 0.6) is 0 Å². The molecule has 0 fully saturated rings. The molecule has 0 saturated carbocycles. The molecule has 0 atom stereocenters. The molecule has 360 valence electrons. The van der Waals surface area contributed by atoms with Gasteiger partial charge in [-0.05, 0) is 72.9 Å². The quantitative estimate of drug-likeness (QED) is 0.0588. The van der Waals surface area contributed by atoms with Crippen molar-refractivity contribution in [2.45, 2.75) is 25.7 Å². The summed E-state index contributed by atoms with van der Waals surface area (Å²) in [5, 5.41) is 12.4. The monoisotopic (exact) mass is 956 g/mol. The zero-order valence-electron chi connectivity index (χ0n) is 39.2. The maximum Gasteiger partial charge on any atom is 0.225 e. The second kappa shape index (κ2) is 21.9. The molecule has 5 heterocycles. The van der Waals surface area contributed by atoms with Gasteiger partial charge < -0.3 is 44.2 Å². The molecule has 0 aliphatic carbocycles. The van der Waals surface area contributed by atoms with E-state index in [4.69, 9.17) is 42.9 Å². The third-order valence-electron chi connectivity index (χ3n) is 11.9. The number of nitrogens with zero attached hydrogens (tertiary/aromatic N) is 4. The van der Waals surface area contributed by atoms with Crippen molar-refractivity contribution in [1.82, 2.24) is 0 Å². The number of hydrogen-bond acceptors (Lipinski definition) is 12. The Morgan fingerprint density at radius 3 is 1.25 bits per heavy atom. The highest BCUT2D eigenvalue weighted by atomic mass is 16.2. The van der Waals surface area contributed by atoms with Gasteiger partial charge in [0.1, 0.15) is 0 Å². The molecule has 5 aliphatic rings. The fourth-order valence-electron chi connectivity index (χ4n) is 8.76. The lowest BCUT2D eigenvalue weighted by molar-refractivity contribution is -0.116. The molecule has 0 spiro atoms. The van der Waals surface area contributed by atoms with E-state index in [2.05, 4.69) is 21.3 Å². The SMILES string of the molecule is NCCC(=O)Nc1ccccc1C1=CC2=CC3=NC(=CC4=NC(=CC5=NC(=C(c6ccccc6NC(=O)CCN)C1=N2)C(c1ccccc1NC(=O)CCN)=C5c1ccccc1NC(=O)CCN)C=C4)C=C3. The van der Waals surface area contributed by atoms with Gasteiger partial charge in [0.15, 0.2) is 0 Å². The standard InChI is InChI=1S/C56H52N12O4/c57-25-21-48(69)64-43-13-5-1-9-38(43)42-31-37-30-35-18-17-33(61-35)29-34-19-20-36(62-34)32-47-52(39-10-2-6-14-44(39)65-49(70)22-26-58)53(40-11-3-7-15-45(40)66-50(71)23-27-59)56(68-47)54(55(42)63-37)41-12-4-8-16-46(41)67-51(72)24-28-60/h1-20,29-32H,21-28,57-60H2,(H,64,69)(H,65,70)(H,66,71)(H,67,72). The van der Waals surface area contributed by atoms with Crippen LogP contribution in [0.4, 0.5) is 22.7 Å². The van der Waals surface area contributed by atoms with Gasteiger partial charge in [-0.25, -0.2) is 20.0 Å². The van der Waals surface area contributed by atoms with Gasteiger partial charge in [0.2, 0.25) is 23.6 Å². The van der Waals surface area contributed by atoms with Gasteiger partial charge in [0.25, 0.3) is 0 Å². The van der Waals surface area contributed by atoms with E-state index in [9.17, 15) is 19.2 Å². The van der Waals surface area contributed by atoms with Crippen LogP contribution in [0, 0.1) is 0 Å². The number of allylic oxidation sites excluding steroid dienone is 12. The van der Waals surface area contributed by atoms with Crippen LogP contribution in [0.2, 0.25) is 0 Å². The Kier molecular flexibility index (Phi) is 14.7. The Morgan fingerprint density at radius 2 is 0.778 bits per heavy atom. The number of amides is 4. The van der Waals surface area contributed by atoms with Gasteiger partial charge in [0.05, 0.1) is 45.6 Å². The van der Waals surface area contributed by atoms with Crippen LogP contribution >= 0.6 is 0 Å². The summed E-state index contributed by atoms with van der Waals surface area (Å²) in [7, 11) is 0. The van der Waals surface area contributed by atoms with Crippen molar-refractivity contribution < 1.29 is 19.2 Å². The molecule has 16 nitrogen and oxygen atoms in total. The average Bonchev–Trinajstić information content (AvgIpc) is 4.18. The Bertz CT molecular complexity index is 3320. The van der Waals surface area contributed by atoms with Crippen LogP contribution in [0.25, 0.3) is 22.3 Å². The summed E-state index contributed by atoms with van der Waals surface area (Å²) in [4.78, 5) is 75.1. The summed E-state index contributed by atoms with van der Waals surface area (Å²) >= 11 is 0. The highest BCUT2D eigenvalue weighted by Gasteiger charge is 2.36. The topological polar surface area (TPSA) is 270 Å². The molecular formula is C56H52N12O4. The first-order valence-corrected chi connectivity index (χ1v) is 23.6. The zero-order chi connectivity index (χ0) is 50.1. The van der Waals surface area contributed by atoms with Gasteiger partial charge >= 0.3 is 0 Å². The number of aliphatic imine (C=N–C) groups is 4. The Labute approximate surface area is 416 Å². The van der Waals surface area contributed by atoms with Crippen LogP contribution < -0.4 is 44.2 Å². The predicted octanol–water partition coefficient (Wildman–Crippen LogP) is 6.84. The highest BCUT2D eigenvalue weighted by molar-refractivity contribution is 6.51. The number of para-hydroxylation sites is 4. The molecule has 9 rings (SSSR count). The first kappa shape index (κ1) is 48.2. The van der Waals surface area contributed by atoms with Crippen LogP contribution in [0.1, 0.15) is 47.9 Å². The Hall–Kier alpha value is -8.80. The maximum atomic E-state index is 13.6. The van der Waals surface area contributed by atoms with E-state index in [0.717, 1.165) is 0 Å². The van der Waals surface area contributed by atoms with E-state index in [0.29, 0.717) is 113 Å². The summed E-state index contributed by atoms with van der Waals surface area (Å²) in [6.07, 6.45) is 15.4. The summed E-state index contributed by atoms with van der Waals surface area (Å²) in [6.45, 7) is 0.514. The first-order chi connectivity index (χ1) is 35.1. The molecule has 5 aliphatic heterocycles. The summed E-state index contributed by atoms with van der Waals surface area (Å²) in [5.74, 6) is -1.19. The number of rotatable bonds is 16. The molecule has 4 amide bonds. The van der Waals surface area contributed by atoms with Crippen molar-refractivity contribution in [3.8, 4) is 0 Å². The van der Waals surface area contributed by atoms with Gasteiger partial charge in [-0.15, -0.1) is 0 Å². The molecule has 16 heteroatoms.